The molecular formula is C23H32N4O. The van der Waals surface area contributed by atoms with Crippen molar-refractivity contribution in [2.45, 2.75) is 69.4 Å². The molecule has 0 spiro atoms. The van der Waals surface area contributed by atoms with Crippen LogP contribution in [0.5, 0.6) is 0 Å². The highest BCUT2D eigenvalue weighted by atomic mass is 16.5. The van der Waals surface area contributed by atoms with Crippen LogP contribution in [-0.4, -0.2) is 52.2 Å². The van der Waals surface area contributed by atoms with Crippen LogP contribution < -0.4 is 0 Å². The van der Waals surface area contributed by atoms with E-state index in [1.807, 2.05) is 0 Å². The van der Waals surface area contributed by atoms with Gasteiger partial charge in [-0.15, -0.1) is 0 Å². The van der Waals surface area contributed by atoms with Crippen molar-refractivity contribution in [1.82, 2.24) is 19.9 Å². The van der Waals surface area contributed by atoms with Crippen molar-refractivity contribution in [2.24, 2.45) is 0 Å². The van der Waals surface area contributed by atoms with Crippen molar-refractivity contribution in [3.63, 3.8) is 0 Å². The van der Waals surface area contributed by atoms with Gasteiger partial charge < -0.3 is 9.42 Å². The molecule has 5 heteroatoms. The Balaban J connectivity index is 1.22. The minimum Gasteiger partial charge on any atom is -0.339 e. The topological polar surface area (TPSA) is 45.4 Å². The number of aromatic nitrogens is 2. The van der Waals surface area contributed by atoms with Gasteiger partial charge in [0.05, 0.1) is 0 Å². The Morgan fingerprint density at radius 2 is 1.86 bits per heavy atom. The number of fused-ring (bicyclic) bond motifs is 1. The molecule has 1 aromatic carbocycles. The second kappa shape index (κ2) is 8.34. The third-order valence-electron chi connectivity index (χ3n) is 7.00. The number of benzene rings is 1. The molecule has 0 N–H and O–H groups in total. The number of rotatable bonds is 6. The van der Waals surface area contributed by atoms with Crippen molar-refractivity contribution in [2.75, 3.05) is 26.2 Å². The first-order valence-corrected chi connectivity index (χ1v) is 11.2. The minimum atomic E-state index is 0.410. The summed E-state index contributed by atoms with van der Waals surface area (Å²) in [5.74, 6) is 2.19. The summed E-state index contributed by atoms with van der Waals surface area (Å²) in [6.07, 6.45) is 9.79. The van der Waals surface area contributed by atoms with E-state index >= 15 is 0 Å². The standard InChI is InChI=1S/C23H32N4O/c1-3-9-18(10-4-1)21-17-19(20-11-7-16-27(20)21)23-24-22(28-25-23)12-8-15-26-13-5-2-6-14-26/h1,3-4,9-10,19-21H,2,5-8,11-17H2/t19-,20+,21-/m0/s1. The SMILES string of the molecule is c1ccc([C@@H]2C[C@H](c3noc(CCCN4CCCCC4)n3)[C@H]3CCCN32)cc1. The number of hydrogen-bond donors (Lipinski definition) is 0. The van der Waals surface area contributed by atoms with Gasteiger partial charge >= 0.3 is 0 Å². The number of hydrogen-bond acceptors (Lipinski definition) is 5. The van der Waals surface area contributed by atoms with Gasteiger partial charge in [0.15, 0.2) is 5.82 Å². The van der Waals surface area contributed by atoms with Crippen molar-refractivity contribution in [1.29, 1.82) is 0 Å². The van der Waals surface area contributed by atoms with E-state index in [1.165, 1.54) is 57.3 Å². The van der Waals surface area contributed by atoms with Gasteiger partial charge in [-0.3, -0.25) is 4.90 Å². The third-order valence-corrected chi connectivity index (χ3v) is 7.00. The highest BCUT2D eigenvalue weighted by Crippen LogP contribution is 2.48. The molecule has 3 aliphatic rings. The van der Waals surface area contributed by atoms with Gasteiger partial charge in [0.2, 0.25) is 5.89 Å². The highest BCUT2D eigenvalue weighted by molar-refractivity contribution is 5.24. The van der Waals surface area contributed by atoms with Crippen LogP contribution in [0, 0.1) is 0 Å². The molecule has 3 aliphatic heterocycles. The molecule has 0 aliphatic carbocycles. The van der Waals surface area contributed by atoms with Crippen molar-refractivity contribution >= 4 is 0 Å². The predicted octanol–water partition coefficient (Wildman–Crippen LogP) is 4.18. The summed E-state index contributed by atoms with van der Waals surface area (Å²) in [7, 11) is 0. The fourth-order valence-electron chi connectivity index (χ4n) is 5.60. The van der Waals surface area contributed by atoms with E-state index < -0.39 is 0 Å². The van der Waals surface area contributed by atoms with Crippen LogP contribution >= 0.6 is 0 Å². The summed E-state index contributed by atoms with van der Waals surface area (Å²) < 4.78 is 5.66. The highest BCUT2D eigenvalue weighted by Gasteiger charge is 2.46. The lowest BCUT2D eigenvalue weighted by Gasteiger charge is -2.25. The molecule has 0 saturated carbocycles. The molecule has 0 amide bonds. The van der Waals surface area contributed by atoms with Gasteiger partial charge in [0.1, 0.15) is 0 Å². The Hall–Kier alpha value is -1.72. The van der Waals surface area contributed by atoms with Gasteiger partial charge in [-0.05, 0) is 70.3 Å². The lowest BCUT2D eigenvalue weighted by atomic mass is 9.94. The number of piperidine rings is 1. The number of nitrogens with zero attached hydrogens (tertiary/aromatic N) is 4. The zero-order chi connectivity index (χ0) is 18.8. The van der Waals surface area contributed by atoms with Gasteiger partial charge in [0, 0.05) is 24.4 Å². The molecule has 150 valence electrons. The van der Waals surface area contributed by atoms with Crippen LogP contribution in [-0.2, 0) is 6.42 Å². The van der Waals surface area contributed by atoms with Gasteiger partial charge in [-0.25, -0.2) is 0 Å². The quantitative estimate of drug-likeness (QED) is 0.752. The van der Waals surface area contributed by atoms with Gasteiger partial charge in [0.25, 0.3) is 0 Å². The van der Waals surface area contributed by atoms with E-state index in [0.29, 0.717) is 18.0 Å². The third kappa shape index (κ3) is 3.74. The molecule has 3 fully saturated rings. The maximum Gasteiger partial charge on any atom is 0.226 e. The normalized spacial score (nSPS) is 28.6. The molecule has 3 atom stereocenters. The van der Waals surface area contributed by atoms with Gasteiger partial charge in [-0.2, -0.15) is 4.98 Å². The van der Waals surface area contributed by atoms with E-state index in [2.05, 4.69) is 45.3 Å². The first-order valence-electron chi connectivity index (χ1n) is 11.2. The zero-order valence-corrected chi connectivity index (χ0v) is 16.8. The van der Waals surface area contributed by atoms with Crippen LogP contribution in [0.3, 0.4) is 0 Å². The molecular weight excluding hydrogens is 348 g/mol. The fraction of sp³-hybridized carbons (Fsp3) is 0.652. The van der Waals surface area contributed by atoms with Gasteiger partial charge in [-0.1, -0.05) is 41.9 Å². The molecule has 4 heterocycles. The largest absolute Gasteiger partial charge is 0.339 e. The molecule has 0 unspecified atom stereocenters. The Kier molecular flexibility index (Phi) is 5.45. The Labute approximate surface area is 168 Å². The summed E-state index contributed by atoms with van der Waals surface area (Å²) >= 11 is 0. The number of aryl methyl sites for hydroxylation is 1. The zero-order valence-electron chi connectivity index (χ0n) is 16.8. The summed E-state index contributed by atoms with van der Waals surface area (Å²) in [5.41, 5.74) is 1.43. The summed E-state index contributed by atoms with van der Waals surface area (Å²) in [6.45, 7) is 4.87. The molecule has 1 aromatic heterocycles. The molecule has 0 bridgehead atoms. The lowest BCUT2D eigenvalue weighted by molar-refractivity contribution is 0.223. The van der Waals surface area contributed by atoms with E-state index in [4.69, 9.17) is 9.51 Å². The summed E-state index contributed by atoms with van der Waals surface area (Å²) in [5, 5.41) is 4.43. The first kappa shape index (κ1) is 18.3. The van der Waals surface area contributed by atoms with Crippen LogP contribution in [0.2, 0.25) is 0 Å². The monoisotopic (exact) mass is 380 g/mol. The Morgan fingerprint density at radius 1 is 1.00 bits per heavy atom. The molecule has 5 rings (SSSR count). The van der Waals surface area contributed by atoms with Crippen LogP contribution in [0.4, 0.5) is 0 Å². The van der Waals surface area contributed by atoms with Crippen molar-refractivity contribution in [3.8, 4) is 0 Å². The smallest absolute Gasteiger partial charge is 0.226 e. The lowest BCUT2D eigenvalue weighted by Crippen LogP contribution is -2.30. The molecule has 0 radical (unpaired) electrons. The predicted molar refractivity (Wildman–Crippen MR) is 109 cm³/mol. The van der Waals surface area contributed by atoms with Crippen molar-refractivity contribution in [3.05, 3.63) is 47.6 Å². The Bertz CT molecular complexity index is 755. The number of likely N-dealkylation sites (tertiary alicyclic amines) is 1. The van der Waals surface area contributed by atoms with E-state index in [1.54, 1.807) is 0 Å². The van der Waals surface area contributed by atoms with Crippen LogP contribution in [0.25, 0.3) is 0 Å². The molecule has 2 aromatic rings. The van der Waals surface area contributed by atoms with Crippen LogP contribution in [0.1, 0.15) is 74.2 Å². The summed E-state index contributed by atoms with van der Waals surface area (Å²) in [4.78, 5) is 10.1. The second-order valence-corrected chi connectivity index (χ2v) is 8.77. The molecule has 5 nitrogen and oxygen atoms in total. The fourth-order valence-corrected chi connectivity index (χ4v) is 5.60. The maximum absolute atomic E-state index is 5.66. The second-order valence-electron chi connectivity index (χ2n) is 8.77. The van der Waals surface area contributed by atoms with E-state index in [-0.39, 0.29) is 0 Å². The molecule has 3 saturated heterocycles. The van der Waals surface area contributed by atoms with E-state index in [0.717, 1.165) is 37.5 Å². The molecule has 28 heavy (non-hydrogen) atoms. The Morgan fingerprint density at radius 3 is 2.71 bits per heavy atom. The average Bonchev–Trinajstić information content (AvgIpc) is 3.46. The van der Waals surface area contributed by atoms with Crippen LogP contribution in [0.15, 0.2) is 34.9 Å². The average molecular weight is 381 g/mol. The maximum atomic E-state index is 5.66. The minimum absolute atomic E-state index is 0.410. The van der Waals surface area contributed by atoms with E-state index in [9.17, 15) is 0 Å². The summed E-state index contributed by atoms with van der Waals surface area (Å²) in [6, 6.07) is 12.0. The first-order chi connectivity index (χ1) is 13.9. The van der Waals surface area contributed by atoms with Crippen molar-refractivity contribution < 1.29 is 4.52 Å².